The molecule has 0 fully saturated rings. The summed E-state index contributed by atoms with van der Waals surface area (Å²) in [4.78, 5) is 0. The second kappa shape index (κ2) is 11.4. The van der Waals surface area contributed by atoms with Crippen molar-refractivity contribution in [3.8, 4) is 34.5 Å². The molecule has 0 aliphatic heterocycles. The lowest BCUT2D eigenvalue weighted by Crippen LogP contribution is -2.39. The van der Waals surface area contributed by atoms with E-state index in [9.17, 15) is 52.7 Å². The maximum Gasteiger partial charge on any atom is 0.864 e. The Kier molecular flexibility index (Phi) is 8.64. The molecule has 0 saturated carbocycles. The van der Waals surface area contributed by atoms with E-state index in [-0.39, 0.29) is 0 Å². The molecule has 40 heavy (non-hydrogen) atoms. The topological polar surface area (TPSA) is 55.4 Å². The Balaban J connectivity index is 2.26. The van der Waals surface area contributed by atoms with Crippen molar-refractivity contribution in [3.05, 3.63) is 69.8 Å². The third-order valence-corrected chi connectivity index (χ3v) is 4.80. The van der Waals surface area contributed by atoms with Gasteiger partial charge >= 0.3 is 7.32 Å². The molecule has 0 N–H and O–H groups in total. The van der Waals surface area contributed by atoms with E-state index >= 15 is 0 Å². The second-order valence-corrected chi connectivity index (χ2v) is 7.00. The van der Waals surface area contributed by atoms with Crippen LogP contribution in [0.4, 0.5) is 52.7 Å². The molecule has 0 aliphatic rings. The first-order chi connectivity index (χ1) is 18.7. The monoisotopic (exact) mass is 596 g/mol. The number of rotatable bonds is 9. The average molecular weight is 596 g/mol. The van der Waals surface area contributed by atoms with E-state index in [0.717, 1.165) is 0 Å². The number of benzene rings is 3. The SMILES string of the molecule is COc1c(F)c(F)c(F)c(OB(Oc2c(F)c(F)c(F)c(OC)c2F)Oc2c(F)c(F)c(F)c(OC)c2F)c1F. The molecule has 3 rings (SSSR count). The largest absolute Gasteiger partial charge is 0.864 e. The lowest BCUT2D eigenvalue weighted by atomic mass is 10.1. The van der Waals surface area contributed by atoms with Gasteiger partial charge in [0.2, 0.25) is 69.8 Å². The van der Waals surface area contributed by atoms with E-state index in [2.05, 4.69) is 28.2 Å². The lowest BCUT2D eigenvalue weighted by Gasteiger charge is -2.20. The van der Waals surface area contributed by atoms with Crippen molar-refractivity contribution in [2.24, 2.45) is 0 Å². The standard InChI is InChI=1S/C21H9BF12O6/c1-35-16-7(26)4(23)10(29)19(13(16)32)38-22(39-20-11(30)5(24)8(27)17(36-2)14(20)33)40-21-12(31)6(25)9(28)18(37-3)15(21)34/h1-3H3. The van der Waals surface area contributed by atoms with E-state index in [1.807, 2.05) is 0 Å². The van der Waals surface area contributed by atoms with Crippen LogP contribution in [0.5, 0.6) is 34.5 Å². The first-order valence-electron chi connectivity index (χ1n) is 9.92. The van der Waals surface area contributed by atoms with E-state index < -0.39 is 112 Å². The first-order valence-corrected chi connectivity index (χ1v) is 9.92. The Bertz CT molecular complexity index is 1310. The van der Waals surface area contributed by atoms with E-state index in [1.165, 1.54) is 0 Å². The highest BCUT2D eigenvalue weighted by molar-refractivity contribution is 6.39. The fraction of sp³-hybridized carbons (Fsp3) is 0.143. The van der Waals surface area contributed by atoms with Crippen molar-refractivity contribution in [2.45, 2.75) is 0 Å². The third kappa shape index (κ3) is 4.90. The Morgan fingerprint density at radius 2 is 0.500 bits per heavy atom. The Hall–Kier alpha value is -4.32. The van der Waals surface area contributed by atoms with Gasteiger partial charge in [-0.15, -0.1) is 0 Å². The molecule has 216 valence electrons. The van der Waals surface area contributed by atoms with Crippen LogP contribution in [0.1, 0.15) is 0 Å². The van der Waals surface area contributed by atoms with Gasteiger partial charge in [0.15, 0.2) is 34.5 Å². The maximum atomic E-state index is 14.6. The summed E-state index contributed by atoms with van der Waals surface area (Å²) in [5.74, 6) is -40.0. The van der Waals surface area contributed by atoms with Gasteiger partial charge < -0.3 is 28.2 Å². The number of halogens is 12. The summed E-state index contributed by atoms with van der Waals surface area (Å²) in [5, 5.41) is 0. The molecule has 0 radical (unpaired) electrons. The van der Waals surface area contributed by atoms with Crippen molar-refractivity contribution in [1.29, 1.82) is 0 Å². The van der Waals surface area contributed by atoms with Gasteiger partial charge in [0.1, 0.15) is 0 Å². The van der Waals surface area contributed by atoms with Gasteiger partial charge in [-0.05, 0) is 0 Å². The van der Waals surface area contributed by atoms with Crippen molar-refractivity contribution in [3.63, 3.8) is 0 Å². The van der Waals surface area contributed by atoms with Crippen LogP contribution in [0.2, 0.25) is 0 Å². The Morgan fingerprint density at radius 3 is 0.700 bits per heavy atom. The molecule has 6 nitrogen and oxygen atoms in total. The molecule has 0 saturated heterocycles. The third-order valence-electron chi connectivity index (χ3n) is 4.80. The minimum atomic E-state index is -3.42. The lowest BCUT2D eigenvalue weighted by molar-refractivity contribution is 0.244. The minimum absolute atomic E-state index is 0.559. The van der Waals surface area contributed by atoms with Gasteiger partial charge in [-0.1, -0.05) is 0 Å². The fourth-order valence-corrected chi connectivity index (χ4v) is 2.98. The molecule has 0 aromatic heterocycles. The van der Waals surface area contributed by atoms with Crippen molar-refractivity contribution in [2.75, 3.05) is 21.3 Å². The average Bonchev–Trinajstić information content (AvgIpc) is 2.92. The molecule has 0 heterocycles. The molecule has 0 spiro atoms. The summed E-state index contributed by atoms with van der Waals surface area (Å²) >= 11 is 0. The molecule has 0 unspecified atom stereocenters. The van der Waals surface area contributed by atoms with E-state index in [4.69, 9.17) is 0 Å². The summed E-state index contributed by atoms with van der Waals surface area (Å²) in [7, 11) is -1.74. The number of hydrogen-bond donors (Lipinski definition) is 0. The zero-order chi connectivity index (χ0) is 30.2. The molecular weight excluding hydrogens is 587 g/mol. The summed E-state index contributed by atoms with van der Waals surface area (Å²) in [6.07, 6.45) is 0. The predicted octanol–water partition coefficient (Wildman–Crippen LogP) is 5.90. The Morgan fingerprint density at radius 1 is 0.300 bits per heavy atom. The highest BCUT2D eigenvalue weighted by Gasteiger charge is 2.42. The van der Waals surface area contributed by atoms with Gasteiger partial charge in [-0.25, -0.2) is 13.2 Å². The van der Waals surface area contributed by atoms with Crippen LogP contribution in [0.15, 0.2) is 0 Å². The smallest absolute Gasteiger partial charge is 0.491 e. The quantitative estimate of drug-likeness (QED) is 0.133. The molecule has 0 amide bonds. The van der Waals surface area contributed by atoms with Crippen LogP contribution < -0.4 is 28.2 Å². The molecular formula is C21H9BF12O6. The summed E-state index contributed by atoms with van der Waals surface area (Å²) in [6, 6.07) is 0. The highest BCUT2D eigenvalue weighted by Crippen LogP contribution is 2.40. The van der Waals surface area contributed by atoms with E-state index in [1.54, 1.807) is 0 Å². The zero-order valence-electron chi connectivity index (χ0n) is 19.6. The number of hydrogen-bond acceptors (Lipinski definition) is 6. The highest BCUT2D eigenvalue weighted by atomic mass is 19.2. The van der Waals surface area contributed by atoms with Crippen molar-refractivity contribution < 1.29 is 80.9 Å². The van der Waals surface area contributed by atoms with Gasteiger partial charge in [0.25, 0.3) is 0 Å². The summed E-state index contributed by atoms with van der Waals surface area (Å²) in [6.45, 7) is 0. The molecule has 0 atom stereocenters. The van der Waals surface area contributed by atoms with Crippen LogP contribution in [-0.2, 0) is 0 Å². The first kappa shape index (κ1) is 30.2. The van der Waals surface area contributed by atoms with Crippen LogP contribution in [-0.4, -0.2) is 28.7 Å². The summed E-state index contributed by atoms with van der Waals surface area (Å²) < 4.78 is 196. The molecule has 0 bridgehead atoms. The van der Waals surface area contributed by atoms with Crippen molar-refractivity contribution >= 4 is 7.32 Å². The predicted molar refractivity (Wildman–Crippen MR) is 106 cm³/mol. The van der Waals surface area contributed by atoms with E-state index in [0.29, 0.717) is 21.3 Å². The molecule has 0 aliphatic carbocycles. The molecule has 19 heteroatoms. The second-order valence-electron chi connectivity index (χ2n) is 7.00. The van der Waals surface area contributed by atoms with Crippen molar-refractivity contribution in [1.82, 2.24) is 0 Å². The number of ether oxygens (including phenoxy) is 3. The van der Waals surface area contributed by atoms with Gasteiger partial charge in [-0.2, -0.15) is 39.5 Å². The number of methoxy groups -OCH3 is 3. The Labute approximate surface area is 214 Å². The maximum absolute atomic E-state index is 14.6. The molecule has 3 aromatic carbocycles. The fourth-order valence-electron chi connectivity index (χ4n) is 2.98. The van der Waals surface area contributed by atoms with Gasteiger partial charge in [-0.3, -0.25) is 0 Å². The van der Waals surface area contributed by atoms with Crippen LogP contribution in [0, 0.1) is 69.8 Å². The van der Waals surface area contributed by atoms with Gasteiger partial charge in [0.05, 0.1) is 21.3 Å². The van der Waals surface area contributed by atoms with Crippen LogP contribution >= 0.6 is 0 Å². The summed E-state index contributed by atoms with van der Waals surface area (Å²) in [5.41, 5.74) is 0. The zero-order valence-corrected chi connectivity index (χ0v) is 19.6. The molecule has 3 aromatic rings. The van der Waals surface area contributed by atoms with Crippen LogP contribution in [0.25, 0.3) is 0 Å². The minimum Gasteiger partial charge on any atom is -0.491 e. The van der Waals surface area contributed by atoms with Crippen LogP contribution in [0.3, 0.4) is 0 Å². The normalized spacial score (nSPS) is 10.9. The van der Waals surface area contributed by atoms with Gasteiger partial charge in [0, 0.05) is 0 Å².